The second-order valence-electron chi connectivity index (χ2n) is 5.26. The molecule has 1 aromatic heterocycles. The topological polar surface area (TPSA) is 28.2 Å². The SMILES string of the molecule is CNC(C)c1sc(N(C)C(C)c2ccccc2Cl)nc1C. The van der Waals surface area contributed by atoms with E-state index in [1.54, 1.807) is 11.3 Å². The lowest BCUT2D eigenvalue weighted by molar-refractivity contribution is 0.658. The Hall–Kier alpha value is -1.10. The van der Waals surface area contributed by atoms with Crippen LogP contribution >= 0.6 is 22.9 Å². The molecule has 3 nitrogen and oxygen atoms in total. The minimum absolute atomic E-state index is 0.182. The molecular formula is C16H22ClN3S. The first-order valence-corrected chi connectivity index (χ1v) is 8.27. The highest BCUT2D eigenvalue weighted by Crippen LogP contribution is 2.35. The average Bonchev–Trinajstić information content (AvgIpc) is 2.87. The van der Waals surface area contributed by atoms with Crippen LogP contribution in [-0.2, 0) is 0 Å². The van der Waals surface area contributed by atoms with E-state index in [2.05, 4.69) is 44.1 Å². The molecule has 2 atom stereocenters. The van der Waals surface area contributed by atoms with Gasteiger partial charge in [-0.2, -0.15) is 0 Å². The molecular weight excluding hydrogens is 302 g/mol. The summed E-state index contributed by atoms with van der Waals surface area (Å²) in [5.41, 5.74) is 2.22. The van der Waals surface area contributed by atoms with Gasteiger partial charge in [0.25, 0.3) is 0 Å². The van der Waals surface area contributed by atoms with Crippen LogP contribution in [0.2, 0.25) is 5.02 Å². The highest BCUT2D eigenvalue weighted by Gasteiger charge is 2.20. The highest BCUT2D eigenvalue weighted by molar-refractivity contribution is 7.15. The second-order valence-corrected chi connectivity index (χ2v) is 6.68. The second kappa shape index (κ2) is 6.77. The summed E-state index contributed by atoms with van der Waals surface area (Å²) in [6, 6.07) is 8.48. The van der Waals surface area contributed by atoms with Crippen LogP contribution in [0, 0.1) is 6.92 Å². The lowest BCUT2D eigenvalue weighted by Gasteiger charge is -2.25. The van der Waals surface area contributed by atoms with E-state index in [1.807, 2.05) is 25.2 Å². The molecule has 0 aliphatic rings. The number of benzene rings is 1. The van der Waals surface area contributed by atoms with Crippen LogP contribution in [0.4, 0.5) is 5.13 Å². The average molecular weight is 324 g/mol. The van der Waals surface area contributed by atoms with Gasteiger partial charge >= 0.3 is 0 Å². The summed E-state index contributed by atoms with van der Waals surface area (Å²) < 4.78 is 0. The Morgan fingerprint density at radius 2 is 1.95 bits per heavy atom. The van der Waals surface area contributed by atoms with E-state index in [9.17, 15) is 0 Å². The summed E-state index contributed by atoms with van der Waals surface area (Å²) in [4.78, 5) is 8.19. The molecule has 21 heavy (non-hydrogen) atoms. The first-order valence-electron chi connectivity index (χ1n) is 7.07. The third-order valence-electron chi connectivity index (χ3n) is 3.89. The van der Waals surface area contributed by atoms with Crippen molar-refractivity contribution in [2.24, 2.45) is 0 Å². The Morgan fingerprint density at radius 1 is 1.29 bits per heavy atom. The number of halogens is 1. The number of anilines is 1. The standard InChI is InChI=1S/C16H22ClN3S/c1-10(18-4)15-11(2)19-16(21-15)20(5)12(3)13-8-6-7-9-14(13)17/h6-10,12,18H,1-5H3. The van der Waals surface area contributed by atoms with E-state index in [1.165, 1.54) is 4.88 Å². The molecule has 1 aromatic carbocycles. The van der Waals surface area contributed by atoms with Crippen molar-refractivity contribution in [2.75, 3.05) is 19.0 Å². The van der Waals surface area contributed by atoms with Crippen molar-refractivity contribution in [3.8, 4) is 0 Å². The molecule has 0 spiro atoms. The quantitative estimate of drug-likeness (QED) is 0.872. The van der Waals surface area contributed by atoms with Gasteiger partial charge in [-0.05, 0) is 39.4 Å². The largest absolute Gasteiger partial charge is 0.344 e. The molecule has 2 aromatic rings. The van der Waals surface area contributed by atoms with Gasteiger partial charge in [-0.1, -0.05) is 29.8 Å². The zero-order valence-corrected chi connectivity index (χ0v) is 14.7. The van der Waals surface area contributed by atoms with Gasteiger partial charge in [0.15, 0.2) is 5.13 Å². The van der Waals surface area contributed by atoms with Crippen molar-refractivity contribution in [1.82, 2.24) is 10.3 Å². The van der Waals surface area contributed by atoms with Gasteiger partial charge in [-0.25, -0.2) is 4.98 Å². The number of rotatable bonds is 5. The van der Waals surface area contributed by atoms with E-state index in [0.717, 1.165) is 21.4 Å². The van der Waals surface area contributed by atoms with E-state index < -0.39 is 0 Å². The molecule has 0 radical (unpaired) electrons. The lowest BCUT2D eigenvalue weighted by atomic mass is 10.1. The van der Waals surface area contributed by atoms with Crippen molar-refractivity contribution in [1.29, 1.82) is 0 Å². The van der Waals surface area contributed by atoms with Gasteiger partial charge in [-0.3, -0.25) is 0 Å². The van der Waals surface area contributed by atoms with E-state index in [-0.39, 0.29) is 6.04 Å². The summed E-state index contributed by atoms with van der Waals surface area (Å²) in [7, 11) is 4.04. The number of hydrogen-bond donors (Lipinski definition) is 1. The third kappa shape index (κ3) is 3.39. The summed E-state index contributed by atoms with van der Waals surface area (Å²) in [5.74, 6) is 0. The Labute approximate surface area is 136 Å². The molecule has 114 valence electrons. The van der Waals surface area contributed by atoms with Gasteiger partial charge in [0.2, 0.25) is 0 Å². The van der Waals surface area contributed by atoms with Crippen molar-refractivity contribution < 1.29 is 0 Å². The van der Waals surface area contributed by atoms with Gasteiger partial charge in [0.05, 0.1) is 11.7 Å². The van der Waals surface area contributed by atoms with E-state index in [0.29, 0.717) is 6.04 Å². The molecule has 0 amide bonds. The van der Waals surface area contributed by atoms with Gasteiger partial charge in [0, 0.05) is 23.0 Å². The maximum Gasteiger partial charge on any atom is 0.186 e. The zero-order valence-electron chi connectivity index (χ0n) is 13.1. The highest BCUT2D eigenvalue weighted by atomic mass is 35.5. The number of hydrogen-bond acceptors (Lipinski definition) is 4. The number of thiazole rings is 1. The van der Waals surface area contributed by atoms with Gasteiger partial charge < -0.3 is 10.2 Å². The maximum atomic E-state index is 6.31. The monoisotopic (exact) mass is 323 g/mol. The van der Waals surface area contributed by atoms with Crippen LogP contribution in [0.25, 0.3) is 0 Å². The molecule has 0 bridgehead atoms. The first kappa shape index (κ1) is 16.3. The summed E-state index contributed by atoms with van der Waals surface area (Å²) in [5, 5.41) is 5.10. The van der Waals surface area contributed by atoms with Crippen molar-refractivity contribution in [2.45, 2.75) is 32.9 Å². The summed E-state index contributed by atoms with van der Waals surface area (Å²) in [6.07, 6.45) is 0. The van der Waals surface area contributed by atoms with Crippen molar-refractivity contribution in [3.63, 3.8) is 0 Å². The van der Waals surface area contributed by atoms with Crippen LogP contribution < -0.4 is 10.2 Å². The fraction of sp³-hybridized carbons (Fsp3) is 0.438. The number of nitrogens with one attached hydrogen (secondary N) is 1. The Morgan fingerprint density at radius 3 is 2.57 bits per heavy atom. The van der Waals surface area contributed by atoms with Gasteiger partial charge in [0.1, 0.15) is 0 Å². The molecule has 2 unspecified atom stereocenters. The molecule has 0 saturated heterocycles. The first-order chi connectivity index (χ1) is 9.95. The molecule has 0 fully saturated rings. The van der Waals surface area contributed by atoms with Crippen LogP contribution in [0.3, 0.4) is 0 Å². The molecule has 0 saturated carbocycles. The fourth-order valence-electron chi connectivity index (χ4n) is 2.27. The minimum Gasteiger partial charge on any atom is -0.344 e. The van der Waals surface area contributed by atoms with E-state index >= 15 is 0 Å². The number of aryl methyl sites for hydroxylation is 1. The van der Waals surface area contributed by atoms with Crippen molar-refractivity contribution >= 4 is 28.1 Å². The third-order valence-corrected chi connectivity index (χ3v) is 5.66. The van der Waals surface area contributed by atoms with Crippen LogP contribution in [0.1, 0.15) is 42.1 Å². The van der Waals surface area contributed by atoms with Gasteiger partial charge in [-0.15, -0.1) is 11.3 Å². The lowest BCUT2D eigenvalue weighted by Crippen LogP contribution is -2.21. The zero-order chi connectivity index (χ0) is 15.6. The fourth-order valence-corrected chi connectivity index (χ4v) is 3.73. The molecule has 1 heterocycles. The van der Waals surface area contributed by atoms with Crippen LogP contribution in [0.5, 0.6) is 0 Å². The smallest absolute Gasteiger partial charge is 0.186 e. The molecule has 5 heteroatoms. The minimum atomic E-state index is 0.182. The molecule has 2 rings (SSSR count). The normalized spacial score (nSPS) is 14.0. The number of aromatic nitrogens is 1. The van der Waals surface area contributed by atoms with Crippen LogP contribution in [-0.4, -0.2) is 19.1 Å². The summed E-state index contributed by atoms with van der Waals surface area (Å²) in [6.45, 7) is 6.37. The van der Waals surface area contributed by atoms with Crippen LogP contribution in [0.15, 0.2) is 24.3 Å². The number of nitrogens with zero attached hydrogens (tertiary/aromatic N) is 2. The summed E-state index contributed by atoms with van der Waals surface area (Å²) >= 11 is 8.04. The predicted molar refractivity (Wildman–Crippen MR) is 92.6 cm³/mol. The molecule has 0 aliphatic heterocycles. The van der Waals surface area contributed by atoms with E-state index in [4.69, 9.17) is 16.6 Å². The maximum absolute atomic E-state index is 6.31. The molecule has 0 aliphatic carbocycles. The molecule has 1 N–H and O–H groups in total. The Bertz CT molecular complexity index is 611. The van der Waals surface area contributed by atoms with Crippen molar-refractivity contribution in [3.05, 3.63) is 45.4 Å². The predicted octanol–water partition coefficient (Wildman–Crippen LogP) is 4.58. The Kier molecular flexibility index (Phi) is 5.25. The Balaban J connectivity index is 2.28.